The number of amides is 2. The topological polar surface area (TPSA) is 93.5 Å². The summed E-state index contributed by atoms with van der Waals surface area (Å²) in [6.07, 6.45) is 4.46. The van der Waals surface area contributed by atoms with Gasteiger partial charge in [-0.2, -0.15) is 9.78 Å². The van der Waals surface area contributed by atoms with Crippen molar-refractivity contribution in [2.24, 2.45) is 0 Å². The van der Waals surface area contributed by atoms with E-state index in [4.69, 9.17) is 4.74 Å². The third-order valence-corrected chi connectivity index (χ3v) is 5.65. The van der Waals surface area contributed by atoms with Crippen molar-refractivity contribution in [1.29, 1.82) is 0 Å². The molecule has 1 aromatic carbocycles. The quantitative estimate of drug-likeness (QED) is 0.818. The normalized spacial score (nSPS) is 17.7. The van der Waals surface area contributed by atoms with Crippen molar-refractivity contribution in [2.75, 3.05) is 18.0 Å². The van der Waals surface area contributed by atoms with Crippen molar-refractivity contribution in [1.82, 2.24) is 15.1 Å². The summed E-state index contributed by atoms with van der Waals surface area (Å²) >= 11 is 0. The molecule has 1 N–H and O–H groups in total. The van der Waals surface area contributed by atoms with Crippen LogP contribution in [-0.4, -0.2) is 46.9 Å². The Morgan fingerprint density at radius 1 is 1.20 bits per heavy atom. The number of aromatic nitrogens is 2. The van der Waals surface area contributed by atoms with Crippen LogP contribution in [0.3, 0.4) is 0 Å². The second kappa shape index (κ2) is 8.30. The fraction of sp³-hybridized carbons (Fsp3) is 0.455. The maximum absolute atomic E-state index is 12.4. The van der Waals surface area contributed by atoms with E-state index in [0.717, 1.165) is 47.3 Å². The van der Waals surface area contributed by atoms with E-state index in [2.05, 4.69) is 10.4 Å². The molecule has 8 nitrogen and oxygen atoms in total. The molecule has 1 atom stereocenters. The van der Waals surface area contributed by atoms with Gasteiger partial charge in [-0.1, -0.05) is 19.9 Å². The van der Waals surface area contributed by atoms with Gasteiger partial charge in [0.1, 0.15) is 6.10 Å². The molecule has 4 rings (SSSR count). The van der Waals surface area contributed by atoms with Gasteiger partial charge in [0.05, 0.1) is 25.0 Å². The zero-order chi connectivity index (χ0) is 21.3. The molecule has 1 aliphatic carbocycles. The molecule has 2 amide bonds. The molecule has 2 heterocycles. The first-order valence-corrected chi connectivity index (χ1v) is 10.5. The Bertz CT molecular complexity index is 997. The van der Waals surface area contributed by atoms with E-state index in [1.165, 1.54) is 4.68 Å². The van der Waals surface area contributed by atoms with Crippen molar-refractivity contribution < 1.29 is 19.1 Å². The summed E-state index contributed by atoms with van der Waals surface area (Å²) in [6, 6.07) is 5.86. The van der Waals surface area contributed by atoms with Gasteiger partial charge in [0.2, 0.25) is 11.8 Å². The number of benzene rings is 1. The Morgan fingerprint density at radius 3 is 2.77 bits per heavy atom. The molecule has 8 heteroatoms. The highest BCUT2D eigenvalue weighted by atomic mass is 16.6. The SMILES string of the molecule is CCC(=O)NCC1CN(c2ccc3c(c2)CCCc2cnn(C(=O)CC)c2-3)C(=O)O1. The van der Waals surface area contributed by atoms with Crippen LogP contribution in [0.25, 0.3) is 11.3 Å². The van der Waals surface area contributed by atoms with E-state index in [0.29, 0.717) is 25.9 Å². The van der Waals surface area contributed by atoms with Crippen LogP contribution in [0.1, 0.15) is 49.0 Å². The summed E-state index contributed by atoms with van der Waals surface area (Å²) in [5.74, 6) is -0.100. The number of ether oxygens (including phenoxy) is 1. The zero-order valence-electron chi connectivity index (χ0n) is 17.3. The first-order chi connectivity index (χ1) is 14.5. The minimum Gasteiger partial charge on any atom is -0.442 e. The number of fused-ring (bicyclic) bond motifs is 3. The van der Waals surface area contributed by atoms with E-state index in [1.54, 1.807) is 18.0 Å². The number of aryl methyl sites for hydroxylation is 2. The number of nitrogens with one attached hydrogen (secondary N) is 1. The van der Waals surface area contributed by atoms with E-state index in [1.807, 2.05) is 25.1 Å². The Balaban J connectivity index is 1.60. The van der Waals surface area contributed by atoms with Gasteiger partial charge in [-0.05, 0) is 42.5 Å². The maximum atomic E-state index is 12.4. The predicted octanol–water partition coefficient (Wildman–Crippen LogP) is 2.94. The summed E-state index contributed by atoms with van der Waals surface area (Å²) in [5.41, 5.74) is 4.79. The molecule has 2 aromatic rings. The lowest BCUT2D eigenvalue weighted by atomic mass is 10.0. The average molecular weight is 410 g/mol. The van der Waals surface area contributed by atoms with Crippen molar-refractivity contribution in [3.8, 4) is 11.3 Å². The smallest absolute Gasteiger partial charge is 0.414 e. The highest BCUT2D eigenvalue weighted by Gasteiger charge is 2.33. The highest BCUT2D eigenvalue weighted by molar-refractivity contribution is 5.91. The molecule has 1 aromatic heterocycles. The summed E-state index contributed by atoms with van der Waals surface area (Å²) in [6.45, 7) is 4.31. The number of cyclic esters (lactones) is 1. The molecule has 1 aliphatic heterocycles. The Kier molecular flexibility index (Phi) is 5.57. The standard InChI is InChI=1S/C22H26N4O4/c1-3-19(27)23-12-17-13-25(22(29)30-17)16-8-9-18-14(10-16)6-5-7-15-11-24-26(21(15)18)20(28)4-2/h8-11,17H,3-7,12-13H2,1-2H3,(H,23,27). The molecule has 158 valence electrons. The Labute approximate surface area is 175 Å². The number of hydrogen-bond acceptors (Lipinski definition) is 5. The van der Waals surface area contributed by atoms with Gasteiger partial charge < -0.3 is 10.1 Å². The lowest BCUT2D eigenvalue weighted by Crippen LogP contribution is -2.34. The van der Waals surface area contributed by atoms with Crippen molar-refractivity contribution in [3.05, 3.63) is 35.5 Å². The largest absolute Gasteiger partial charge is 0.442 e. The van der Waals surface area contributed by atoms with Crippen LogP contribution in [0.2, 0.25) is 0 Å². The van der Waals surface area contributed by atoms with Crippen molar-refractivity contribution in [3.63, 3.8) is 0 Å². The molecule has 1 fully saturated rings. The van der Waals surface area contributed by atoms with Crippen LogP contribution in [0.5, 0.6) is 0 Å². The monoisotopic (exact) mass is 410 g/mol. The summed E-state index contributed by atoms with van der Waals surface area (Å²) in [7, 11) is 0. The minimum absolute atomic E-state index is 0.0340. The molecule has 0 saturated carbocycles. The highest BCUT2D eigenvalue weighted by Crippen LogP contribution is 2.35. The number of hydrogen-bond donors (Lipinski definition) is 1. The fourth-order valence-corrected chi connectivity index (χ4v) is 4.04. The zero-order valence-corrected chi connectivity index (χ0v) is 17.3. The fourth-order valence-electron chi connectivity index (χ4n) is 4.04. The molecule has 2 aliphatic rings. The van der Waals surface area contributed by atoms with E-state index >= 15 is 0 Å². The molecule has 0 spiro atoms. The van der Waals surface area contributed by atoms with Gasteiger partial charge in [0.25, 0.3) is 0 Å². The lowest BCUT2D eigenvalue weighted by Gasteiger charge is -2.17. The first-order valence-electron chi connectivity index (χ1n) is 10.5. The van der Waals surface area contributed by atoms with E-state index in [9.17, 15) is 14.4 Å². The third kappa shape index (κ3) is 3.69. The second-order valence-electron chi connectivity index (χ2n) is 7.65. The maximum Gasteiger partial charge on any atom is 0.414 e. The van der Waals surface area contributed by atoms with E-state index < -0.39 is 6.09 Å². The molecule has 1 saturated heterocycles. The van der Waals surface area contributed by atoms with Gasteiger partial charge >= 0.3 is 6.09 Å². The second-order valence-corrected chi connectivity index (χ2v) is 7.65. The molecule has 30 heavy (non-hydrogen) atoms. The molecule has 1 unspecified atom stereocenters. The van der Waals surface area contributed by atoms with Crippen LogP contribution >= 0.6 is 0 Å². The van der Waals surface area contributed by atoms with Crippen molar-refractivity contribution in [2.45, 2.75) is 52.1 Å². The van der Waals surface area contributed by atoms with Crippen LogP contribution in [0, 0.1) is 0 Å². The molecular formula is C22H26N4O4. The number of carbonyl (C=O) groups is 3. The summed E-state index contributed by atoms with van der Waals surface area (Å²) in [4.78, 5) is 37.8. The van der Waals surface area contributed by atoms with Gasteiger partial charge in [-0.15, -0.1) is 0 Å². The third-order valence-electron chi connectivity index (χ3n) is 5.65. The lowest BCUT2D eigenvalue weighted by molar-refractivity contribution is -0.121. The van der Waals surface area contributed by atoms with Crippen LogP contribution < -0.4 is 10.2 Å². The van der Waals surface area contributed by atoms with Gasteiger partial charge in [-0.25, -0.2) is 4.79 Å². The Morgan fingerprint density at radius 2 is 2.00 bits per heavy atom. The number of rotatable bonds is 5. The predicted molar refractivity (Wildman–Crippen MR) is 112 cm³/mol. The van der Waals surface area contributed by atoms with Crippen LogP contribution in [0.4, 0.5) is 10.5 Å². The van der Waals surface area contributed by atoms with E-state index in [-0.39, 0.29) is 17.9 Å². The summed E-state index contributed by atoms with van der Waals surface area (Å²) < 4.78 is 6.92. The first kappa shape index (κ1) is 20.1. The average Bonchev–Trinajstić information content (AvgIpc) is 3.29. The summed E-state index contributed by atoms with van der Waals surface area (Å²) in [5, 5.41) is 7.09. The van der Waals surface area contributed by atoms with Crippen LogP contribution in [0.15, 0.2) is 24.4 Å². The molecular weight excluding hydrogens is 384 g/mol. The van der Waals surface area contributed by atoms with Gasteiger partial charge in [-0.3, -0.25) is 14.5 Å². The van der Waals surface area contributed by atoms with Gasteiger partial charge in [0, 0.05) is 24.1 Å². The number of anilines is 1. The van der Waals surface area contributed by atoms with Crippen molar-refractivity contribution >= 4 is 23.6 Å². The molecule has 0 bridgehead atoms. The number of carbonyl (C=O) groups excluding carboxylic acids is 3. The number of nitrogens with zero attached hydrogens (tertiary/aromatic N) is 3. The molecule has 0 radical (unpaired) electrons. The van der Waals surface area contributed by atoms with Crippen LogP contribution in [-0.2, 0) is 22.4 Å². The Hall–Kier alpha value is -3.16. The van der Waals surface area contributed by atoms with Gasteiger partial charge in [0.15, 0.2) is 0 Å². The minimum atomic E-state index is -0.411.